The molecule has 7 heteroatoms. The van der Waals surface area contributed by atoms with Gasteiger partial charge in [-0.25, -0.2) is 0 Å². The standard InChI is InChI=1S/C18H25N3O3.ClH/c19-11-15-8-9-16(24-15)18(23)20-12-13-4-6-14(7-5-13)21-10-2-1-3-17(21)22;/h4-7,15-16H,1-3,8-12,19H2,(H,20,23);1H/t15-,16+;/m1./s1. The minimum atomic E-state index is -0.385. The summed E-state index contributed by atoms with van der Waals surface area (Å²) in [5.74, 6) is 0.108. The normalized spacial score (nSPS) is 23.2. The molecular formula is C18H26ClN3O3. The van der Waals surface area contributed by atoms with Crippen LogP contribution in [0.2, 0.25) is 0 Å². The SMILES string of the molecule is Cl.NC[C@H]1CC[C@@H](C(=O)NCc2ccc(N3CCCCC3=O)cc2)O1. The van der Waals surface area contributed by atoms with Gasteiger partial charge in [-0.2, -0.15) is 0 Å². The molecule has 2 atom stereocenters. The Balaban J connectivity index is 0.00000225. The van der Waals surface area contributed by atoms with Crippen LogP contribution in [0.4, 0.5) is 5.69 Å². The molecule has 2 heterocycles. The third kappa shape index (κ3) is 4.93. The highest BCUT2D eigenvalue weighted by Gasteiger charge is 2.29. The van der Waals surface area contributed by atoms with Crippen molar-refractivity contribution < 1.29 is 14.3 Å². The summed E-state index contributed by atoms with van der Waals surface area (Å²) in [7, 11) is 0. The van der Waals surface area contributed by atoms with E-state index >= 15 is 0 Å². The fraction of sp³-hybridized carbons (Fsp3) is 0.556. The Labute approximate surface area is 154 Å². The Kier molecular flexibility index (Phi) is 7.23. The number of anilines is 1. The number of nitrogens with two attached hydrogens (primary N) is 1. The molecule has 1 aromatic carbocycles. The predicted octanol–water partition coefficient (Wildman–Crippen LogP) is 1.75. The predicted molar refractivity (Wildman–Crippen MR) is 98.7 cm³/mol. The van der Waals surface area contributed by atoms with Crippen molar-refractivity contribution >= 4 is 29.9 Å². The molecule has 0 radical (unpaired) electrons. The molecule has 3 rings (SSSR count). The maximum atomic E-state index is 12.1. The van der Waals surface area contributed by atoms with E-state index in [0.29, 0.717) is 19.5 Å². The average molecular weight is 368 g/mol. The Hall–Kier alpha value is -1.63. The van der Waals surface area contributed by atoms with Crippen LogP contribution in [0.15, 0.2) is 24.3 Å². The number of ether oxygens (including phenoxy) is 1. The maximum Gasteiger partial charge on any atom is 0.249 e. The number of nitrogens with zero attached hydrogens (tertiary/aromatic N) is 1. The topological polar surface area (TPSA) is 84.7 Å². The lowest BCUT2D eigenvalue weighted by molar-refractivity contribution is -0.132. The zero-order valence-electron chi connectivity index (χ0n) is 14.3. The summed E-state index contributed by atoms with van der Waals surface area (Å²) in [6.45, 7) is 1.71. The Bertz CT molecular complexity index is 594. The van der Waals surface area contributed by atoms with Gasteiger partial charge in [0.2, 0.25) is 11.8 Å². The lowest BCUT2D eigenvalue weighted by atomic mass is 10.1. The van der Waals surface area contributed by atoms with Crippen molar-refractivity contribution in [2.24, 2.45) is 5.73 Å². The van der Waals surface area contributed by atoms with Crippen molar-refractivity contribution in [2.45, 2.75) is 50.9 Å². The molecule has 2 saturated heterocycles. The second-order valence-corrected chi connectivity index (χ2v) is 6.45. The summed E-state index contributed by atoms with van der Waals surface area (Å²) in [5.41, 5.74) is 7.50. The minimum absolute atomic E-state index is 0. The van der Waals surface area contributed by atoms with E-state index in [9.17, 15) is 9.59 Å². The smallest absolute Gasteiger partial charge is 0.249 e. The summed E-state index contributed by atoms with van der Waals surface area (Å²) in [4.78, 5) is 25.9. The third-order valence-electron chi connectivity index (χ3n) is 4.70. The first kappa shape index (κ1) is 19.7. The number of carbonyl (C=O) groups is 2. The quantitative estimate of drug-likeness (QED) is 0.830. The van der Waals surface area contributed by atoms with Crippen LogP contribution in [0.1, 0.15) is 37.7 Å². The molecule has 2 aliphatic heterocycles. The highest BCUT2D eigenvalue weighted by atomic mass is 35.5. The first-order chi connectivity index (χ1) is 11.7. The molecule has 2 aliphatic rings. The number of carbonyl (C=O) groups excluding carboxylic acids is 2. The molecule has 2 amide bonds. The minimum Gasteiger partial charge on any atom is -0.364 e. The lowest BCUT2D eigenvalue weighted by Crippen LogP contribution is -2.35. The zero-order valence-corrected chi connectivity index (χ0v) is 15.1. The number of halogens is 1. The third-order valence-corrected chi connectivity index (χ3v) is 4.70. The molecule has 0 bridgehead atoms. The average Bonchev–Trinajstić information content (AvgIpc) is 3.10. The number of amides is 2. The van der Waals surface area contributed by atoms with Crippen LogP contribution in [-0.4, -0.2) is 37.1 Å². The molecule has 6 nitrogen and oxygen atoms in total. The van der Waals surface area contributed by atoms with Crippen LogP contribution >= 0.6 is 12.4 Å². The van der Waals surface area contributed by atoms with Crippen LogP contribution in [0.3, 0.4) is 0 Å². The van der Waals surface area contributed by atoms with Crippen LogP contribution in [-0.2, 0) is 20.9 Å². The fourth-order valence-electron chi connectivity index (χ4n) is 3.25. The number of hydrogen-bond acceptors (Lipinski definition) is 4. The van der Waals surface area contributed by atoms with Gasteiger partial charge in [0.15, 0.2) is 0 Å². The van der Waals surface area contributed by atoms with Gasteiger partial charge in [0, 0.05) is 31.7 Å². The Morgan fingerprint density at radius 2 is 2.00 bits per heavy atom. The summed E-state index contributed by atoms with van der Waals surface area (Å²) < 4.78 is 5.59. The van der Waals surface area contributed by atoms with E-state index in [-0.39, 0.29) is 36.4 Å². The van der Waals surface area contributed by atoms with Gasteiger partial charge in [-0.1, -0.05) is 12.1 Å². The molecular weight excluding hydrogens is 342 g/mol. The van der Waals surface area contributed by atoms with Gasteiger partial charge in [0.25, 0.3) is 0 Å². The molecule has 0 aliphatic carbocycles. The van der Waals surface area contributed by atoms with Gasteiger partial charge in [-0.3, -0.25) is 9.59 Å². The molecule has 0 unspecified atom stereocenters. The molecule has 0 aromatic heterocycles. The van der Waals surface area contributed by atoms with E-state index in [1.54, 1.807) is 0 Å². The fourth-order valence-corrected chi connectivity index (χ4v) is 3.25. The summed E-state index contributed by atoms with van der Waals surface area (Å²) in [6.07, 6.45) is 3.84. The van der Waals surface area contributed by atoms with Crippen LogP contribution in [0.5, 0.6) is 0 Å². The van der Waals surface area contributed by atoms with Crippen molar-refractivity contribution in [1.82, 2.24) is 5.32 Å². The lowest BCUT2D eigenvalue weighted by Gasteiger charge is -2.26. The van der Waals surface area contributed by atoms with E-state index in [4.69, 9.17) is 10.5 Å². The van der Waals surface area contributed by atoms with Crippen molar-refractivity contribution in [2.75, 3.05) is 18.0 Å². The maximum absolute atomic E-state index is 12.1. The first-order valence-electron chi connectivity index (χ1n) is 8.70. The number of benzene rings is 1. The van der Waals surface area contributed by atoms with Crippen molar-refractivity contribution in [3.05, 3.63) is 29.8 Å². The van der Waals surface area contributed by atoms with E-state index < -0.39 is 0 Å². The number of hydrogen-bond donors (Lipinski definition) is 2. The van der Waals surface area contributed by atoms with Crippen molar-refractivity contribution in [3.8, 4) is 0 Å². The van der Waals surface area contributed by atoms with Crippen LogP contribution < -0.4 is 16.0 Å². The molecule has 3 N–H and O–H groups in total. The number of nitrogens with one attached hydrogen (secondary N) is 1. The largest absolute Gasteiger partial charge is 0.364 e. The summed E-state index contributed by atoms with van der Waals surface area (Å²) >= 11 is 0. The molecule has 0 saturated carbocycles. The number of rotatable bonds is 5. The highest BCUT2D eigenvalue weighted by molar-refractivity contribution is 5.94. The second kappa shape index (κ2) is 9.17. The summed E-state index contributed by atoms with van der Waals surface area (Å²) in [6, 6.07) is 7.80. The van der Waals surface area contributed by atoms with Crippen molar-refractivity contribution in [3.63, 3.8) is 0 Å². The van der Waals surface area contributed by atoms with E-state index in [0.717, 1.165) is 43.5 Å². The van der Waals surface area contributed by atoms with Gasteiger partial charge < -0.3 is 20.7 Å². The number of piperidine rings is 1. The second-order valence-electron chi connectivity index (χ2n) is 6.45. The van der Waals surface area contributed by atoms with Gasteiger partial charge >= 0.3 is 0 Å². The van der Waals surface area contributed by atoms with Gasteiger partial charge in [0.1, 0.15) is 6.10 Å². The molecule has 138 valence electrons. The van der Waals surface area contributed by atoms with Crippen LogP contribution in [0.25, 0.3) is 0 Å². The van der Waals surface area contributed by atoms with Crippen LogP contribution in [0, 0.1) is 0 Å². The molecule has 0 spiro atoms. The summed E-state index contributed by atoms with van der Waals surface area (Å²) in [5, 5.41) is 2.91. The van der Waals surface area contributed by atoms with Gasteiger partial charge in [0.05, 0.1) is 6.10 Å². The van der Waals surface area contributed by atoms with Crippen molar-refractivity contribution in [1.29, 1.82) is 0 Å². The van der Waals surface area contributed by atoms with E-state index in [2.05, 4.69) is 5.32 Å². The van der Waals surface area contributed by atoms with E-state index in [1.807, 2.05) is 29.2 Å². The monoisotopic (exact) mass is 367 g/mol. The zero-order chi connectivity index (χ0) is 16.9. The molecule has 1 aromatic rings. The molecule has 2 fully saturated rings. The van der Waals surface area contributed by atoms with Gasteiger partial charge in [-0.05, 0) is 43.4 Å². The van der Waals surface area contributed by atoms with E-state index in [1.165, 1.54) is 0 Å². The highest BCUT2D eigenvalue weighted by Crippen LogP contribution is 2.22. The molecule has 25 heavy (non-hydrogen) atoms. The Morgan fingerprint density at radius 3 is 2.64 bits per heavy atom. The first-order valence-corrected chi connectivity index (χ1v) is 8.70. The van der Waals surface area contributed by atoms with Gasteiger partial charge in [-0.15, -0.1) is 12.4 Å². The Morgan fingerprint density at radius 1 is 1.24 bits per heavy atom.